The maximum absolute atomic E-state index is 11.8. The molecule has 1 aromatic carbocycles. The average molecular weight is 391 g/mol. The lowest BCUT2D eigenvalue weighted by atomic mass is 10.1. The molecule has 2 aromatic rings. The lowest BCUT2D eigenvalue weighted by molar-refractivity contribution is 0.198. The topological polar surface area (TPSA) is 84.4 Å². The van der Waals surface area contributed by atoms with E-state index >= 15 is 0 Å². The fraction of sp³-hybridized carbons (Fsp3) is 0.474. The second-order valence-electron chi connectivity index (χ2n) is 6.75. The maximum Gasteiger partial charge on any atom is 0.227 e. The molecule has 0 saturated carbocycles. The molecule has 1 N–H and O–H groups in total. The third kappa shape index (κ3) is 5.17. The Bertz CT molecular complexity index is 859. The van der Waals surface area contributed by atoms with Crippen LogP contribution in [-0.2, 0) is 14.6 Å². The van der Waals surface area contributed by atoms with Gasteiger partial charge in [0.15, 0.2) is 9.84 Å². The van der Waals surface area contributed by atoms with Crippen molar-refractivity contribution in [2.75, 3.05) is 49.0 Å². The molecule has 2 heterocycles. The van der Waals surface area contributed by atoms with Crippen LogP contribution in [0.15, 0.2) is 36.4 Å². The highest BCUT2D eigenvalue weighted by atomic mass is 32.2. The molecular formula is C19H26N4O3S. The molecular weight excluding hydrogens is 364 g/mol. The Labute approximate surface area is 160 Å². The van der Waals surface area contributed by atoms with Crippen LogP contribution in [0.2, 0.25) is 0 Å². The van der Waals surface area contributed by atoms with Gasteiger partial charge in [0.05, 0.1) is 17.2 Å². The molecule has 0 radical (unpaired) electrons. The highest BCUT2D eigenvalue weighted by Gasteiger charge is 2.32. The zero-order valence-corrected chi connectivity index (χ0v) is 16.6. The molecule has 1 fully saturated rings. The summed E-state index contributed by atoms with van der Waals surface area (Å²) in [5.41, 5.74) is 1.80. The Kier molecular flexibility index (Phi) is 6.28. The maximum atomic E-state index is 11.8. The molecule has 1 aromatic heterocycles. The van der Waals surface area contributed by atoms with E-state index in [1.807, 2.05) is 48.3 Å². The Morgan fingerprint density at radius 1 is 1.26 bits per heavy atom. The summed E-state index contributed by atoms with van der Waals surface area (Å²) in [7, 11) is 0.579. The fourth-order valence-corrected chi connectivity index (χ4v) is 4.89. The van der Waals surface area contributed by atoms with Gasteiger partial charge in [-0.15, -0.1) is 0 Å². The van der Waals surface area contributed by atoms with Crippen molar-refractivity contribution in [3.05, 3.63) is 36.4 Å². The largest absolute Gasteiger partial charge is 0.385 e. The monoisotopic (exact) mass is 390 g/mol. The van der Waals surface area contributed by atoms with Crippen LogP contribution in [0.4, 0.5) is 11.8 Å². The smallest absolute Gasteiger partial charge is 0.227 e. The van der Waals surface area contributed by atoms with E-state index in [-0.39, 0.29) is 17.5 Å². The molecule has 146 valence electrons. The Morgan fingerprint density at radius 2 is 2.04 bits per heavy atom. The summed E-state index contributed by atoms with van der Waals surface area (Å²) in [6.45, 7) is 1.41. The van der Waals surface area contributed by atoms with Crippen molar-refractivity contribution in [1.82, 2.24) is 9.97 Å². The van der Waals surface area contributed by atoms with Gasteiger partial charge in [0, 0.05) is 45.0 Å². The van der Waals surface area contributed by atoms with Gasteiger partial charge < -0.3 is 15.0 Å². The molecule has 0 spiro atoms. The minimum atomic E-state index is -2.97. The summed E-state index contributed by atoms with van der Waals surface area (Å²) in [6, 6.07) is 11.7. The molecule has 27 heavy (non-hydrogen) atoms. The SMILES string of the molecule is COCCCNc1cc(-c2ccccc2)nc(N(C)C2CCS(=O)(=O)C2)n1. The van der Waals surface area contributed by atoms with Crippen LogP contribution in [-0.4, -0.2) is 63.2 Å². The molecule has 1 aliphatic heterocycles. The molecule has 1 saturated heterocycles. The molecule has 1 unspecified atom stereocenters. The normalized spacial score (nSPS) is 18.4. The van der Waals surface area contributed by atoms with Gasteiger partial charge in [0.1, 0.15) is 5.82 Å². The van der Waals surface area contributed by atoms with Crippen molar-refractivity contribution < 1.29 is 13.2 Å². The van der Waals surface area contributed by atoms with Crippen LogP contribution >= 0.6 is 0 Å². The summed E-state index contributed by atoms with van der Waals surface area (Å²) in [4.78, 5) is 11.2. The lowest BCUT2D eigenvalue weighted by Crippen LogP contribution is -2.34. The third-order valence-electron chi connectivity index (χ3n) is 4.69. The predicted molar refractivity (Wildman–Crippen MR) is 108 cm³/mol. The number of sulfone groups is 1. The number of anilines is 2. The highest BCUT2D eigenvalue weighted by Crippen LogP contribution is 2.25. The first kappa shape index (κ1) is 19.6. The number of methoxy groups -OCH3 is 1. The molecule has 3 rings (SSSR count). The van der Waals surface area contributed by atoms with E-state index in [9.17, 15) is 8.42 Å². The number of ether oxygens (including phenoxy) is 1. The van der Waals surface area contributed by atoms with Gasteiger partial charge in [0.2, 0.25) is 5.95 Å². The number of hydrogen-bond donors (Lipinski definition) is 1. The van der Waals surface area contributed by atoms with Crippen LogP contribution in [0.3, 0.4) is 0 Å². The van der Waals surface area contributed by atoms with Gasteiger partial charge in [0.25, 0.3) is 0 Å². The first-order valence-electron chi connectivity index (χ1n) is 9.09. The van der Waals surface area contributed by atoms with Crippen molar-refractivity contribution in [3.8, 4) is 11.3 Å². The number of nitrogens with one attached hydrogen (secondary N) is 1. The summed E-state index contributed by atoms with van der Waals surface area (Å²) in [5, 5.41) is 3.32. The van der Waals surface area contributed by atoms with Gasteiger partial charge in [-0.2, -0.15) is 4.98 Å². The molecule has 0 aliphatic carbocycles. The van der Waals surface area contributed by atoms with Gasteiger partial charge >= 0.3 is 0 Å². The van der Waals surface area contributed by atoms with E-state index in [1.165, 1.54) is 0 Å². The summed E-state index contributed by atoms with van der Waals surface area (Å²) in [5.74, 6) is 1.64. The van der Waals surface area contributed by atoms with Crippen molar-refractivity contribution in [1.29, 1.82) is 0 Å². The van der Waals surface area contributed by atoms with E-state index in [2.05, 4.69) is 10.3 Å². The van der Waals surface area contributed by atoms with Crippen molar-refractivity contribution in [2.24, 2.45) is 0 Å². The molecule has 7 nitrogen and oxygen atoms in total. The Morgan fingerprint density at radius 3 is 2.70 bits per heavy atom. The third-order valence-corrected chi connectivity index (χ3v) is 6.44. The van der Waals surface area contributed by atoms with Crippen LogP contribution < -0.4 is 10.2 Å². The van der Waals surface area contributed by atoms with Crippen molar-refractivity contribution in [2.45, 2.75) is 18.9 Å². The van der Waals surface area contributed by atoms with Gasteiger partial charge in [-0.25, -0.2) is 13.4 Å². The van der Waals surface area contributed by atoms with Crippen molar-refractivity contribution >= 4 is 21.6 Å². The summed E-state index contributed by atoms with van der Waals surface area (Å²) >= 11 is 0. The van der Waals surface area contributed by atoms with E-state index in [4.69, 9.17) is 9.72 Å². The first-order chi connectivity index (χ1) is 13.0. The molecule has 0 bridgehead atoms. The van der Waals surface area contributed by atoms with Crippen LogP contribution in [0.25, 0.3) is 11.3 Å². The molecule has 0 amide bonds. The number of rotatable bonds is 8. The Balaban J connectivity index is 1.87. The number of hydrogen-bond acceptors (Lipinski definition) is 7. The van der Waals surface area contributed by atoms with Crippen LogP contribution in [0.1, 0.15) is 12.8 Å². The number of aromatic nitrogens is 2. The van der Waals surface area contributed by atoms with Gasteiger partial charge in [-0.1, -0.05) is 30.3 Å². The summed E-state index contributed by atoms with van der Waals surface area (Å²) < 4.78 is 28.8. The highest BCUT2D eigenvalue weighted by molar-refractivity contribution is 7.91. The fourth-order valence-electron chi connectivity index (χ4n) is 3.12. The standard InChI is InChI=1S/C19H26N4O3S/c1-23(16-9-12-27(24,25)14-16)19-21-17(15-7-4-3-5-8-15)13-18(22-19)20-10-6-11-26-2/h3-5,7-8,13,16H,6,9-12,14H2,1-2H3,(H,20,21,22). The predicted octanol–water partition coefficient (Wildman–Crippen LogP) is 2.22. The van der Waals surface area contributed by atoms with Crippen LogP contribution in [0, 0.1) is 0 Å². The average Bonchev–Trinajstić information content (AvgIpc) is 3.05. The molecule has 8 heteroatoms. The zero-order valence-electron chi connectivity index (χ0n) is 15.8. The number of nitrogens with zero attached hydrogens (tertiary/aromatic N) is 3. The molecule has 1 aliphatic rings. The van der Waals surface area contributed by atoms with Crippen LogP contribution in [0.5, 0.6) is 0 Å². The molecule has 1 atom stereocenters. The van der Waals surface area contributed by atoms with E-state index < -0.39 is 9.84 Å². The number of benzene rings is 1. The van der Waals surface area contributed by atoms with Gasteiger partial charge in [-0.3, -0.25) is 0 Å². The minimum Gasteiger partial charge on any atom is -0.385 e. The van der Waals surface area contributed by atoms with E-state index in [0.717, 1.165) is 30.0 Å². The lowest BCUT2D eigenvalue weighted by Gasteiger charge is -2.24. The first-order valence-corrected chi connectivity index (χ1v) is 10.9. The van der Waals surface area contributed by atoms with Gasteiger partial charge in [-0.05, 0) is 12.8 Å². The van der Waals surface area contributed by atoms with E-state index in [0.29, 0.717) is 19.0 Å². The minimum absolute atomic E-state index is 0.0950. The zero-order chi connectivity index (χ0) is 19.3. The summed E-state index contributed by atoms with van der Waals surface area (Å²) in [6.07, 6.45) is 1.47. The van der Waals surface area contributed by atoms with E-state index in [1.54, 1.807) is 7.11 Å². The second kappa shape index (κ2) is 8.67. The Hall–Kier alpha value is -2.19. The second-order valence-corrected chi connectivity index (χ2v) is 8.97. The van der Waals surface area contributed by atoms with Crippen molar-refractivity contribution in [3.63, 3.8) is 0 Å². The quantitative estimate of drug-likeness (QED) is 0.692.